The molecule has 3 aromatic heterocycles. The van der Waals surface area contributed by atoms with Gasteiger partial charge in [0.25, 0.3) is 0 Å². The van der Waals surface area contributed by atoms with Gasteiger partial charge in [-0.05, 0) is 45.0 Å². The molecular formula is C30H31N5. The van der Waals surface area contributed by atoms with Crippen LogP contribution in [-0.4, -0.2) is 43.4 Å². The number of hydrogen-bond donors (Lipinski definition) is 0. The lowest BCUT2D eigenvalue weighted by molar-refractivity contribution is 0.117. The Balaban J connectivity index is 1.42. The van der Waals surface area contributed by atoms with E-state index in [2.05, 4.69) is 95.8 Å². The van der Waals surface area contributed by atoms with Crippen molar-refractivity contribution in [2.24, 2.45) is 0 Å². The minimum absolute atomic E-state index is 0.479. The van der Waals surface area contributed by atoms with Gasteiger partial charge in [-0.15, -0.1) is 0 Å². The predicted molar refractivity (Wildman–Crippen MR) is 143 cm³/mol. The molecule has 6 rings (SSSR count). The molecular weight excluding hydrogens is 430 g/mol. The van der Waals surface area contributed by atoms with Gasteiger partial charge < -0.3 is 4.90 Å². The zero-order chi connectivity index (χ0) is 23.9. The van der Waals surface area contributed by atoms with Crippen molar-refractivity contribution in [2.45, 2.75) is 45.6 Å². The highest BCUT2D eigenvalue weighted by atomic mass is 15.2. The lowest BCUT2D eigenvalue weighted by Gasteiger charge is -2.41. The van der Waals surface area contributed by atoms with Crippen LogP contribution >= 0.6 is 0 Å². The second kappa shape index (κ2) is 8.90. The van der Waals surface area contributed by atoms with Crippen LogP contribution in [0.2, 0.25) is 0 Å². The average molecular weight is 462 g/mol. The van der Waals surface area contributed by atoms with Crippen LogP contribution < -0.4 is 0 Å². The average Bonchev–Trinajstić information content (AvgIpc) is 3.26. The van der Waals surface area contributed by atoms with Gasteiger partial charge in [-0.1, -0.05) is 62.4 Å². The molecule has 0 atom stereocenters. The Morgan fingerprint density at radius 3 is 2.46 bits per heavy atom. The molecule has 0 amide bonds. The minimum atomic E-state index is 0.479. The number of imidazole rings is 1. The van der Waals surface area contributed by atoms with Gasteiger partial charge in [0, 0.05) is 40.9 Å². The van der Waals surface area contributed by atoms with Gasteiger partial charge in [-0.25, -0.2) is 9.97 Å². The summed E-state index contributed by atoms with van der Waals surface area (Å²) < 4.78 is 2.28. The highest BCUT2D eigenvalue weighted by molar-refractivity contribution is 5.89. The number of fused-ring (bicyclic) bond motifs is 2. The van der Waals surface area contributed by atoms with Gasteiger partial charge in [0.1, 0.15) is 5.82 Å². The van der Waals surface area contributed by atoms with Crippen molar-refractivity contribution in [3.63, 3.8) is 0 Å². The summed E-state index contributed by atoms with van der Waals surface area (Å²) in [6.45, 7) is 8.81. The maximum Gasteiger partial charge on any atom is 0.117 e. The zero-order valence-electron chi connectivity index (χ0n) is 20.6. The number of aryl methyl sites for hydroxylation is 1. The molecule has 0 radical (unpaired) electrons. The Morgan fingerprint density at radius 2 is 1.69 bits per heavy atom. The molecule has 5 aromatic rings. The molecule has 3 heterocycles. The largest absolute Gasteiger partial charge is 0.301 e. The second-order valence-corrected chi connectivity index (χ2v) is 9.56. The van der Waals surface area contributed by atoms with E-state index in [1.54, 1.807) is 0 Å². The lowest BCUT2D eigenvalue weighted by Crippen LogP contribution is -2.44. The summed E-state index contributed by atoms with van der Waals surface area (Å²) in [7, 11) is 0. The fraction of sp³-hybridized carbons (Fsp3) is 0.300. The van der Waals surface area contributed by atoms with E-state index in [0.29, 0.717) is 12.0 Å². The molecule has 1 aliphatic carbocycles. The zero-order valence-corrected chi connectivity index (χ0v) is 20.6. The van der Waals surface area contributed by atoms with Crippen LogP contribution in [0.4, 0.5) is 0 Å². The number of aromatic nitrogens is 4. The molecule has 0 saturated heterocycles. The Labute approximate surface area is 206 Å². The number of pyridine rings is 1. The monoisotopic (exact) mass is 461 g/mol. The molecule has 0 aliphatic heterocycles. The summed E-state index contributed by atoms with van der Waals surface area (Å²) in [5, 5.41) is 1.13. The fourth-order valence-corrected chi connectivity index (χ4v) is 5.58. The third kappa shape index (κ3) is 3.80. The van der Waals surface area contributed by atoms with Crippen molar-refractivity contribution in [1.82, 2.24) is 24.3 Å². The maximum atomic E-state index is 5.25. The van der Waals surface area contributed by atoms with Crippen LogP contribution in [0, 0.1) is 6.92 Å². The summed E-state index contributed by atoms with van der Waals surface area (Å²) in [6.07, 6.45) is 6.31. The van der Waals surface area contributed by atoms with Crippen molar-refractivity contribution in [3.05, 3.63) is 84.6 Å². The highest BCUT2D eigenvalue weighted by Gasteiger charge is 2.36. The van der Waals surface area contributed by atoms with Crippen LogP contribution in [-0.2, 0) is 0 Å². The quantitative estimate of drug-likeness (QED) is 0.289. The fourth-order valence-electron chi connectivity index (χ4n) is 5.58. The van der Waals surface area contributed by atoms with E-state index in [0.717, 1.165) is 63.5 Å². The van der Waals surface area contributed by atoms with E-state index in [1.807, 2.05) is 12.3 Å². The van der Waals surface area contributed by atoms with E-state index in [-0.39, 0.29) is 0 Å². The number of hydrogen-bond acceptors (Lipinski definition) is 4. The molecule has 176 valence electrons. The molecule has 1 saturated carbocycles. The topological polar surface area (TPSA) is 46.3 Å². The Kier molecular flexibility index (Phi) is 5.57. The van der Waals surface area contributed by atoms with Crippen LogP contribution in [0.5, 0.6) is 0 Å². The highest BCUT2D eigenvalue weighted by Crippen LogP contribution is 2.41. The van der Waals surface area contributed by atoms with Crippen LogP contribution in [0.3, 0.4) is 0 Å². The summed E-state index contributed by atoms with van der Waals surface area (Å²) in [6, 6.07) is 21.8. The molecule has 1 fully saturated rings. The Hall–Kier alpha value is -3.57. The molecule has 35 heavy (non-hydrogen) atoms. The van der Waals surface area contributed by atoms with Gasteiger partial charge in [0.15, 0.2) is 0 Å². The summed E-state index contributed by atoms with van der Waals surface area (Å²) in [5.74, 6) is 1.64. The van der Waals surface area contributed by atoms with Crippen molar-refractivity contribution in [1.29, 1.82) is 0 Å². The van der Waals surface area contributed by atoms with Crippen molar-refractivity contribution < 1.29 is 0 Å². The maximum absolute atomic E-state index is 5.25. The van der Waals surface area contributed by atoms with Crippen LogP contribution in [0.25, 0.3) is 38.9 Å². The number of benzene rings is 2. The smallest absolute Gasteiger partial charge is 0.117 e. The van der Waals surface area contributed by atoms with Gasteiger partial charge in [0.2, 0.25) is 0 Å². The lowest BCUT2D eigenvalue weighted by atomic mass is 9.78. The van der Waals surface area contributed by atoms with E-state index < -0.39 is 0 Å². The van der Waals surface area contributed by atoms with Crippen molar-refractivity contribution >= 4 is 16.4 Å². The van der Waals surface area contributed by atoms with Gasteiger partial charge in [-0.3, -0.25) is 9.38 Å². The first kappa shape index (κ1) is 21.9. The summed E-state index contributed by atoms with van der Waals surface area (Å²) in [5.41, 5.74) is 7.31. The first-order chi connectivity index (χ1) is 17.2. The molecule has 0 bridgehead atoms. The normalized spacial score (nSPS) is 17.8. The standard InChI is InChI=1S/C30H31N5/c1-4-34(5-2)25-17-24(18-25)30-33-28(29-20(3)31-15-16-35(29)30)23-12-11-22-13-14-26(32-27(22)19-23)21-9-7-6-8-10-21/h6-16,19,24-25H,4-5,17-18H2,1-3H3. The molecule has 5 heteroatoms. The third-order valence-corrected chi connectivity index (χ3v) is 7.61. The predicted octanol–water partition coefficient (Wildman–Crippen LogP) is 6.51. The van der Waals surface area contributed by atoms with E-state index in [4.69, 9.17) is 9.97 Å². The molecule has 0 N–H and O–H groups in total. The summed E-state index contributed by atoms with van der Waals surface area (Å²) >= 11 is 0. The Morgan fingerprint density at radius 1 is 0.914 bits per heavy atom. The first-order valence-corrected chi connectivity index (χ1v) is 12.7. The Bertz CT molecular complexity index is 1490. The van der Waals surface area contributed by atoms with Crippen molar-refractivity contribution in [2.75, 3.05) is 13.1 Å². The molecule has 0 spiro atoms. The third-order valence-electron chi connectivity index (χ3n) is 7.61. The van der Waals surface area contributed by atoms with Crippen LogP contribution in [0.15, 0.2) is 73.1 Å². The molecule has 1 aliphatic rings. The minimum Gasteiger partial charge on any atom is -0.301 e. The van der Waals surface area contributed by atoms with Gasteiger partial charge in [0.05, 0.1) is 28.1 Å². The summed E-state index contributed by atoms with van der Waals surface area (Å²) in [4.78, 5) is 17.4. The molecule has 2 aromatic carbocycles. The van der Waals surface area contributed by atoms with Gasteiger partial charge in [-0.2, -0.15) is 0 Å². The SMILES string of the molecule is CCN(CC)C1CC(c2nc(-c3ccc4ccc(-c5ccccc5)nc4c3)c3c(C)nccn23)C1. The molecule has 0 unspecified atom stereocenters. The van der Waals surface area contributed by atoms with E-state index >= 15 is 0 Å². The first-order valence-electron chi connectivity index (χ1n) is 12.7. The number of rotatable bonds is 6. The second-order valence-electron chi connectivity index (χ2n) is 9.56. The number of nitrogens with zero attached hydrogens (tertiary/aromatic N) is 5. The van der Waals surface area contributed by atoms with E-state index in [9.17, 15) is 0 Å². The van der Waals surface area contributed by atoms with Crippen LogP contribution in [0.1, 0.15) is 44.1 Å². The van der Waals surface area contributed by atoms with Gasteiger partial charge >= 0.3 is 0 Å². The van der Waals surface area contributed by atoms with E-state index in [1.165, 1.54) is 12.8 Å². The molecule has 5 nitrogen and oxygen atoms in total. The van der Waals surface area contributed by atoms with Crippen molar-refractivity contribution in [3.8, 4) is 22.5 Å².